The van der Waals surface area contributed by atoms with Gasteiger partial charge >= 0.3 is 0 Å². The van der Waals surface area contributed by atoms with Gasteiger partial charge in [-0.1, -0.05) is 22.0 Å². The fourth-order valence-corrected chi connectivity index (χ4v) is 3.47. The zero-order valence-corrected chi connectivity index (χ0v) is 16.6. The predicted molar refractivity (Wildman–Crippen MR) is 105 cm³/mol. The van der Waals surface area contributed by atoms with Gasteiger partial charge in [-0.15, -0.1) is 0 Å². The van der Waals surface area contributed by atoms with Gasteiger partial charge in [0.25, 0.3) is 0 Å². The van der Waals surface area contributed by atoms with E-state index in [1.54, 1.807) is 19.1 Å². The number of nitrogens with one attached hydrogen (secondary N) is 1. The Morgan fingerprint density at radius 2 is 2.11 bits per heavy atom. The van der Waals surface area contributed by atoms with E-state index in [2.05, 4.69) is 21.2 Å². The maximum absolute atomic E-state index is 13.3. The fraction of sp³-hybridized carbons (Fsp3) is 0.350. The molecule has 5 nitrogen and oxygen atoms in total. The normalized spacial score (nSPS) is 23.0. The van der Waals surface area contributed by atoms with Crippen LogP contribution in [-0.2, 0) is 4.79 Å². The molecule has 1 saturated heterocycles. The molecule has 2 atom stereocenters. The molecule has 0 spiro atoms. The highest BCUT2D eigenvalue weighted by Crippen LogP contribution is 2.26. The Morgan fingerprint density at radius 1 is 1.37 bits per heavy atom. The van der Waals surface area contributed by atoms with Gasteiger partial charge in [0.15, 0.2) is 0 Å². The van der Waals surface area contributed by atoms with Gasteiger partial charge in [-0.2, -0.15) is 0 Å². The van der Waals surface area contributed by atoms with E-state index in [4.69, 9.17) is 4.74 Å². The summed E-state index contributed by atoms with van der Waals surface area (Å²) in [5.74, 6) is -0.131. The second kappa shape index (κ2) is 8.37. The van der Waals surface area contributed by atoms with E-state index < -0.39 is 11.7 Å². The minimum absolute atomic E-state index is 0.141. The molecule has 144 valence electrons. The van der Waals surface area contributed by atoms with Gasteiger partial charge in [0.05, 0.1) is 6.54 Å². The number of carbonyl (C=O) groups excluding carboxylic acids is 1. The molecule has 0 unspecified atom stereocenters. The highest BCUT2D eigenvalue weighted by molar-refractivity contribution is 9.10. The molecular formula is C20H22BrFN2O3. The Labute approximate surface area is 166 Å². The molecule has 27 heavy (non-hydrogen) atoms. The average molecular weight is 437 g/mol. The van der Waals surface area contributed by atoms with E-state index in [-0.39, 0.29) is 18.3 Å². The van der Waals surface area contributed by atoms with Crippen LogP contribution in [0.5, 0.6) is 5.75 Å². The van der Waals surface area contributed by atoms with Crippen LogP contribution in [0, 0.1) is 5.82 Å². The molecule has 0 bridgehead atoms. The van der Waals surface area contributed by atoms with Crippen LogP contribution in [0.3, 0.4) is 0 Å². The molecule has 1 fully saturated rings. The first-order chi connectivity index (χ1) is 12.8. The molecule has 1 heterocycles. The van der Waals surface area contributed by atoms with E-state index in [0.717, 1.165) is 10.2 Å². The second-order valence-electron chi connectivity index (χ2n) is 6.98. The standard InChI is InChI=1S/C20H22BrFN2O3/c1-20(26)13-24(12-19(25)23-16-7-5-14(21)6-8-16)10-9-18(20)27-17-4-2-3-15(22)11-17/h2-8,11,18,26H,9-10,12-13H2,1H3,(H,23,25)/t18-,20-/m0/s1. The third-order valence-electron chi connectivity index (χ3n) is 4.51. The molecule has 1 aliphatic heterocycles. The number of hydrogen-bond donors (Lipinski definition) is 2. The molecule has 1 amide bonds. The predicted octanol–water partition coefficient (Wildman–Crippen LogP) is 3.43. The summed E-state index contributed by atoms with van der Waals surface area (Å²) < 4.78 is 20.1. The molecule has 0 radical (unpaired) electrons. The SMILES string of the molecule is C[C@]1(O)CN(CC(=O)Nc2ccc(Br)cc2)CC[C@@H]1Oc1cccc(F)c1. The minimum Gasteiger partial charge on any atom is -0.487 e. The first-order valence-electron chi connectivity index (χ1n) is 8.74. The van der Waals surface area contributed by atoms with Crippen LogP contribution < -0.4 is 10.1 Å². The second-order valence-corrected chi connectivity index (χ2v) is 7.89. The van der Waals surface area contributed by atoms with Crippen molar-refractivity contribution in [3.05, 3.63) is 58.8 Å². The van der Waals surface area contributed by atoms with Crippen molar-refractivity contribution in [3.8, 4) is 5.75 Å². The Kier molecular flexibility index (Phi) is 6.14. The quantitative estimate of drug-likeness (QED) is 0.753. The van der Waals surface area contributed by atoms with E-state index >= 15 is 0 Å². The van der Waals surface area contributed by atoms with Gasteiger partial charge in [-0.05, 0) is 49.7 Å². The van der Waals surface area contributed by atoms with Crippen LogP contribution in [0.25, 0.3) is 0 Å². The third-order valence-corrected chi connectivity index (χ3v) is 5.04. The number of hydrogen-bond acceptors (Lipinski definition) is 4. The minimum atomic E-state index is -1.15. The number of amides is 1. The van der Waals surface area contributed by atoms with Crippen molar-refractivity contribution >= 4 is 27.5 Å². The van der Waals surface area contributed by atoms with Crippen LogP contribution >= 0.6 is 15.9 Å². The van der Waals surface area contributed by atoms with Crippen molar-refractivity contribution in [1.82, 2.24) is 4.90 Å². The number of ether oxygens (including phenoxy) is 1. The highest BCUT2D eigenvalue weighted by Gasteiger charge is 2.40. The van der Waals surface area contributed by atoms with Crippen molar-refractivity contribution in [2.24, 2.45) is 0 Å². The molecule has 1 aliphatic rings. The number of β-amino-alcohol motifs (C(OH)–C–C–N with tert-alkyl or cyclic N) is 1. The van der Waals surface area contributed by atoms with Crippen LogP contribution in [0.4, 0.5) is 10.1 Å². The van der Waals surface area contributed by atoms with Crippen LogP contribution in [0.2, 0.25) is 0 Å². The number of halogens is 2. The molecule has 2 aromatic carbocycles. The number of rotatable bonds is 5. The average Bonchev–Trinajstić information content (AvgIpc) is 2.59. The van der Waals surface area contributed by atoms with Gasteiger partial charge in [0.1, 0.15) is 23.3 Å². The lowest BCUT2D eigenvalue weighted by molar-refractivity contribution is -0.123. The Hall–Kier alpha value is -1.96. The monoisotopic (exact) mass is 436 g/mol. The fourth-order valence-electron chi connectivity index (χ4n) is 3.21. The molecular weight excluding hydrogens is 415 g/mol. The summed E-state index contributed by atoms with van der Waals surface area (Å²) in [5.41, 5.74) is -0.429. The molecule has 3 rings (SSSR count). The van der Waals surface area contributed by atoms with Crippen molar-refractivity contribution < 1.29 is 19.0 Å². The van der Waals surface area contributed by atoms with Crippen molar-refractivity contribution in [2.75, 3.05) is 25.0 Å². The van der Waals surface area contributed by atoms with Gasteiger partial charge in [0.2, 0.25) is 5.91 Å². The number of piperidine rings is 1. The summed E-state index contributed by atoms with van der Waals surface area (Å²) in [4.78, 5) is 14.2. The molecule has 0 aliphatic carbocycles. The lowest BCUT2D eigenvalue weighted by Crippen LogP contribution is -2.58. The topological polar surface area (TPSA) is 61.8 Å². The summed E-state index contributed by atoms with van der Waals surface area (Å²) >= 11 is 3.36. The van der Waals surface area contributed by atoms with Crippen molar-refractivity contribution in [3.63, 3.8) is 0 Å². The largest absolute Gasteiger partial charge is 0.487 e. The summed E-state index contributed by atoms with van der Waals surface area (Å²) in [7, 11) is 0. The third kappa shape index (κ3) is 5.51. The highest BCUT2D eigenvalue weighted by atomic mass is 79.9. The van der Waals surface area contributed by atoms with Crippen LogP contribution in [0.1, 0.15) is 13.3 Å². The van der Waals surface area contributed by atoms with E-state index in [1.165, 1.54) is 12.1 Å². The maximum atomic E-state index is 13.3. The summed E-state index contributed by atoms with van der Waals surface area (Å²) in [6, 6.07) is 13.2. The lowest BCUT2D eigenvalue weighted by Gasteiger charge is -2.42. The summed E-state index contributed by atoms with van der Waals surface area (Å²) in [5, 5.41) is 13.6. The van der Waals surface area contributed by atoms with Gasteiger partial charge in [0, 0.05) is 29.3 Å². The smallest absolute Gasteiger partial charge is 0.238 e. The van der Waals surface area contributed by atoms with E-state index in [9.17, 15) is 14.3 Å². The van der Waals surface area contributed by atoms with Crippen LogP contribution in [-0.4, -0.2) is 47.3 Å². The summed E-state index contributed by atoms with van der Waals surface area (Å²) in [6.45, 7) is 2.75. The van der Waals surface area contributed by atoms with E-state index in [1.807, 2.05) is 29.2 Å². The number of nitrogens with zero attached hydrogens (tertiary/aromatic N) is 1. The molecule has 2 aromatic rings. The molecule has 0 saturated carbocycles. The lowest BCUT2D eigenvalue weighted by atomic mass is 9.91. The van der Waals surface area contributed by atoms with Gasteiger partial charge in [-0.25, -0.2) is 4.39 Å². The van der Waals surface area contributed by atoms with Crippen molar-refractivity contribution in [2.45, 2.75) is 25.0 Å². The Morgan fingerprint density at radius 3 is 2.78 bits per heavy atom. The number of benzene rings is 2. The zero-order valence-electron chi connectivity index (χ0n) is 15.0. The Bertz CT molecular complexity index is 798. The van der Waals surface area contributed by atoms with Gasteiger partial charge in [-0.3, -0.25) is 9.69 Å². The van der Waals surface area contributed by atoms with E-state index in [0.29, 0.717) is 25.3 Å². The Balaban J connectivity index is 1.54. The number of aliphatic hydroxyl groups is 1. The molecule has 2 N–H and O–H groups in total. The first-order valence-corrected chi connectivity index (χ1v) is 9.53. The number of carbonyl (C=O) groups is 1. The molecule has 7 heteroatoms. The molecule has 0 aromatic heterocycles. The number of likely N-dealkylation sites (tertiary alicyclic amines) is 1. The maximum Gasteiger partial charge on any atom is 0.238 e. The van der Waals surface area contributed by atoms with Gasteiger partial charge < -0.3 is 15.2 Å². The van der Waals surface area contributed by atoms with Crippen LogP contribution in [0.15, 0.2) is 53.0 Å². The number of anilines is 1. The van der Waals surface area contributed by atoms with Crippen molar-refractivity contribution in [1.29, 1.82) is 0 Å². The summed E-state index contributed by atoms with van der Waals surface area (Å²) in [6.07, 6.45) is 0.0693. The first kappa shape index (κ1) is 19.8. The zero-order chi connectivity index (χ0) is 19.4.